The van der Waals surface area contributed by atoms with Crippen molar-refractivity contribution in [3.63, 3.8) is 0 Å². The van der Waals surface area contributed by atoms with Gasteiger partial charge in [0.1, 0.15) is 5.60 Å². The molecule has 0 unspecified atom stereocenters. The van der Waals surface area contributed by atoms with Crippen molar-refractivity contribution in [3.05, 3.63) is 64.7 Å². The Morgan fingerprint density at radius 3 is 2.29 bits per heavy atom. The van der Waals surface area contributed by atoms with Gasteiger partial charge in [0.15, 0.2) is 0 Å². The second kappa shape index (κ2) is 10.4. The average Bonchev–Trinajstić information content (AvgIpc) is 3.11. The summed E-state index contributed by atoms with van der Waals surface area (Å²) in [6.07, 6.45) is -0.945. The zero-order valence-electron chi connectivity index (χ0n) is 26.5. The summed E-state index contributed by atoms with van der Waals surface area (Å²) >= 11 is 0. The molecule has 0 aromatic heterocycles. The van der Waals surface area contributed by atoms with Gasteiger partial charge in [-0.15, -0.1) is 0 Å². The van der Waals surface area contributed by atoms with Crippen LogP contribution in [0.5, 0.6) is 0 Å². The lowest BCUT2D eigenvalue weighted by atomic mass is 9.71. The molecule has 2 aromatic carbocycles. The van der Waals surface area contributed by atoms with Crippen LogP contribution in [-0.2, 0) is 32.4 Å². The molecule has 9 heteroatoms. The molecular formula is C33H45BN2O6. The summed E-state index contributed by atoms with van der Waals surface area (Å²) in [5.41, 5.74) is 2.59. The highest BCUT2D eigenvalue weighted by molar-refractivity contribution is 6.62. The molecule has 0 radical (unpaired) electrons. The number of amides is 2. The molecule has 1 N–H and O–H groups in total. The molecule has 226 valence electrons. The van der Waals surface area contributed by atoms with Crippen LogP contribution in [0.25, 0.3) is 0 Å². The number of aliphatic hydroxyl groups excluding tert-OH is 1. The Morgan fingerprint density at radius 2 is 1.67 bits per heavy atom. The fourth-order valence-electron chi connectivity index (χ4n) is 6.14. The van der Waals surface area contributed by atoms with Gasteiger partial charge in [0.2, 0.25) is 0 Å². The van der Waals surface area contributed by atoms with Gasteiger partial charge < -0.3 is 24.1 Å². The van der Waals surface area contributed by atoms with Crippen LogP contribution >= 0.6 is 0 Å². The molecule has 42 heavy (non-hydrogen) atoms. The number of nitrogens with zero attached hydrogens (tertiary/aromatic N) is 2. The summed E-state index contributed by atoms with van der Waals surface area (Å²) in [5, 5.41) is 11.6. The summed E-state index contributed by atoms with van der Waals surface area (Å²) in [4.78, 5) is 30.4. The molecule has 5 rings (SSSR count). The van der Waals surface area contributed by atoms with Crippen molar-refractivity contribution in [2.24, 2.45) is 0 Å². The number of fused-ring (bicyclic) bond motifs is 2. The Morgan fingerprint density at radius 1 is 1.05 bits per heavy atom. The van der Waals surface area contributed by atoms with E-state index in [9.17, 15) is 14.7 Å². The van der Waals surface area contributed by atoms with Crippen molar-refractivity contribution in [3.8, 4) is 0 Å². The van der Waals surface area contributed by atoms with Crippen LogP contribution in [0.2, 0.25) is 0 Å². The summed E-state index contributed by atoms with van der Waals surface area (Å²) in [6, 6.07) is 13.2. The Kier molecular flexibility index (Phi) is 7.56. The molecule has 0 bridgehead atoms. The molecule has 3 aliphatic rings. The predicted molar refractivity (Wildman–Crippen MR) is 163 cm³/mol. The zero-order chi connectivity index (χ0) is 30.8. The molecule has 0 saturated carbocycles. The van der Waals surface area contributed by atoms with E-state index in [1.165, 1.54) is 0 Å². The molecule has 2 amide bonds. The number of benzene rings is 2. The first-order valence-corrected chi connectivity index (χ1v) is 14.9. The number of hydrogen-bond donors (Lipinski definition) is 1. The van der Waals surface area contributed by atoms with E-state index in [-0.39, 0.29) is 17.9 Å². The molecule has 0 spiro atoms. The van der Waals surface area contributed by atoms with Crippen molar-refractivity contribution >= 4 is 24.6 Å². The Bertz CT molecular complexity index is 1360. The van der Waals surface area contributed by atoms with E-state index in [2.05, 4.69) is 13.8 Å². The summed E-state index contributed by atoms with van der Waals surface area (Å²) in [5.74, 6) is -0.135. The Labute approximate surface area is 250 Å². The highest BCUT2D eigenvalue weighted by Gasteiger charge is 2.52. The van der Waals surface area contributed by atoms with Gasteiger partial charge in [-0.1, -0.05) is 50.2 Å². The summed E-state index contributed by atoms with van der Waals surface area (Å²) < 4.78 is 18.3. The van der Waals surface area contributed by atoms with Crippen molar-refractivity contribution in [2.75, 3.05) is 13.1 Å². The third kappa shape index (κ3) is 5.71. The van der Waals surface area contributed by atoms with E-state index in [4.69, 9.17) is 14.0 Å². The molecule has 1 saturated heterocycles. The van der Waals surface area contributed by atoms with Crippen LogP contribution in [0.15, 0.2) is 42.5 Å². The summed E-state index contributed by atoms with van der Waals surface area (Å²) in [6.45, 7) is 18.7. The first-order chi connectivity index (χ1) is 19.4. The minimum Gasteiger partial charge on any atom is -0.444 e. The van der Waals surface area contributed by atoms with Crippen LogP contribution in [0.3, 0.4) is 0 Å². The quantitative estimate of drug-likeness (QED) is 0.542. The first kappa shape index (κ1) is 30.6. The van der Waals surface area contributed by atoms with E-state index in [0.29, 0.717) is 25.1 Å². The van der Waals surface area contributed by atoms with Gasteiger partial charge in [0.05, 0.1) is 23.3 Å². The maximum absolute atomic E-state index is 13.8. The topological polar surface area (TPSA) is 88.5 Å². The van der Waals surface area contributed by atoms with E-state index in [1.807, 2.05) is 90.9 Å². The highest BCUT2D eigenvalue weighted by atomic mass is 16.7. The summed E-state index contributed by atoms with van der Waals surface area (Å²) in [7, 11) is -0.515. The molecule has 3 aliphatic heterocycles. The maximum atomic E-state index is 13.8. The normalized spacial score (nSPS) is 23.3. The number of rotatable bonds is 4. The van der Waals surface area contributed by atoms with Crippen LogP contribution in [0.1, 0.15) is 89.4 Å². The molecule has 2 atom stereocenters. The van der Waals surface area contributed by atoms with Crippen LogP contribution < -0.4 is 5.46 Å². The standard InChI is InChI=1S/C33H45BN2O6/c1-30(2,3)40-29(39)36-18-22-13-11-10-12-21(22)16-26(36)27(37)19-35-20-31(4,5)25-17-23(14-15-24(25)28(35)38)34-41-32(6,7)33(8,9)42-34/h10-15,17,26-27,37H,16,18-20H2,1-9H3/t26-,27+/m0/s1. The minimum atomic E-state index is -0.962. The van der Waals surface area contributed by atoms with E-state index >= 15 is 0 Å². The zero-order valence-corrected chi connectivity index (χ0v) is 26.5. The van der Waals surface area contributed by atoms with E-state index in [0.717, 1.165) is 22.2 Å². The second-order valence-corrected chi connectivity index (χ2v) is 14.7. The van der Waals surface area contributed by atoms with Crippen molar-refractivity contribution in [1.29, 1.82) is 0 Å². The van der Waals surface area contributed by atoms with Crippen molar-refractivity contribution in [2.45, 2.75) is 110 Å². The largest absolute Gasteiger partial charge is 0.494 e. The van der Waals surface area contributed by atoms with Gasteiger partial charge in [-0.05, 0) is 83.1 Å². The van der Waals surface area contributed by atoms with Gasteiger partial charge in [0.25, 0.3) is 5.91 Å². The monoisotopic (exact) mass is 576 g/mol. The lowest BCUT2D eigenvalue weighted by molar-refractivity contribution is -0.0193. The van der Waals surface area contributed by atoms with Crippen molar-refractivity contribution in [1.82, 2.24) is 9.80 Å². The van der Waals surface area contributed by atoms with Crippen LogP contribution in [0, 0.1) is 0 Å². The Balaban J connectivity index is 1.38. The fourth-order valence-corrected chi connectivity index (χ4v) is 6.14. The number of carbonyl (C=O) groups excluding carboxylic acids is 2. The maximum Gasteiger partial charge on any atom is 0.494 e. The van der Waals surface area contributed by atoms with Gasteiger partial charge in [-0.3, -0.25) is 9.69 Å². The second-order valence-electron chi connectivity index (χ2n) is 14.7. The average molecular weight is 577 g/mol. The van der Waals surface area contributed by atoms with Gasteiger partial charge in [0, 0.05) is 30.6 Å². The molecule has 0 aliphatic carbocycles. The number of hydrogen-bond acceptors (Lipinski definition) is 6. The SMILES string of the molecule is CC(C)(C)OC(=O)N1Cc2ccccc2C[C@H]1[C@H](O)CN1CC(C)(C)c2cc(B3OC(C)(C)C(C)(C)O3)ccc2C1=O. The number of carbonyl (C=O) groups is 2. The Hall–Kier alpha value is -2.88. The molecular weight excluding hydrogens is 531 g/mol. The molecule has 8 nitrogen and oxygen atoms in total. The lowest BCUT2D eigenvalue weighted by Gasteiger charge is -2.44. The number of aliphatic hydroxyl groups is 1. The van der Waals surface area contributed by atoms with E-state index < -0.39 is 42.2 Å². The highest BCUT2D eigenvalue weighted by Crippen LogP contribution is 2.38. The number of ether oxygens (including phenoxy) is 1. The lowest BCUT2D eigenvalue weighted by Crippen LogP contribution is -2.57. The minimum absolute atomic E-state index is 0.104. The third-order valence-electron chi connectivity index (χ3n) is 9.17. The van der Waals surface area contributed by atoms with Gasteiger partial charge in [-0.2, -0.15) is 0 Å². The van der Waals surface area contributed by atoms with Crippen molar-refractivity contribution < 1.29 is 28.7 Å². The fraction of sp³-hybridized carbons (Fsp3) is 0.576. The predicted octanol–water partition coefficient (Wildman–Crippen LogP) is 4.44. The first-order valence-electron chi connectivity index (χ1n) is 14.9. The van der Waals surface area contributed by atoms with Crippen LogP contribution in [-0.4, -0.2) is 76.1 Å². The van der Waals surface area contributed by atoms with Gasteiger partial charge in [-0.25, -0.2) is 4.79 Å². The van der Waals surface area contributed by atoms with E-state index in [1.54, 1.807) is 9.80 Å². The molecule has 2 aromatic rings. The molecule has 3 heterocycles. The molecule has 1 fully saturated rings. The smallest absolute Gasteiger partial charge is 0.444 e. The third-order valence-corrected chi connectivity index (χ3v) is 9.17. The van der Waals surface area contributed by atoms with Gasteiger partial charge >= 0.3 is 13.2 Å². The number of β-amino-alcohol motifs (C(OH)–C–C–N with tert-alkyl or cyclic N) is 1. The van der Waals surface area contributed by atoms with Crippen LogP contribution in [0.4, 0.5) is 4.79 Å².